The lowest BCUT2D eigenvalue weighted by Gasteiger charge is -2.09. The highest BCUT2D eigenvalue weighted by molar-refractivity contribution is 5.34. The van der Waals surface area contributed by atoms with Crippen molar-refractivity contribution in [1.82, 2.24) is 0 Å². The number of nitro benzene ring substituents is 1. The van der Waals surface area contributed by atoms with E-state index in [-0.39, 0.29) is 11.7 Å². The van der Waals surface area contributed by atoms with Gasteiger partial charge in [-0.05, 0) is 18.5 Å². The van der Waals surface area contributed by atoms with Crippen molar-refractivity contribution in [3.63, 3.8) is 0 Å². The number of nitro groups is 1. The molecule has 0 saturated heterocycles. The summed E-state index contributed by atoms with van der Waals surface area (Å²) in [5.74, 6) is 0. The summed E-state index contributed by atoms with van der Waals surface area (Å²) in [6.45, 7) is 0.512. The molecule has 0 amide bonds. The van der Waals surface area contributed by atoms with Crippen LogP contribution in [0.3, 0.4) is 0 Å². The van der Waals surface area contributed by atoms with E-state index in [2.05, 4.69) is 0 Å². The van der Waals surface area contributed by atoms with Crippen LogP contribution in [0.1, 0.15) is 18.0 Å². The zero-order chi connectivity index (χ0) is 10.6. The monoisotopic (exact) mass is 195 g/mol. The molecule has 5 nitrogen and oxygen atoms in total. The van der Waals surface area contributed by atoms with Crippen molar-refractivity contribution < 1.29 is 4.92 Å². The molecule has 5 heteroatoms. The molecule has 0 radical (unpaired) electrons. The minimum absolute atomic E-state index is 0.0775. The molecule has 1 aromatic carbocycles. The van der Waals surface area contributed by atoms with Gasteiger partial charge in [0.05, 0.1) is 4.92 Å². The van der Waals surface area contributed by atoms with Gasteiger partial charge in [0.2, 0.25) is 0 Å². The van der Waals surface area contributed by atoms with E-state index < -0.39 is 4.92 Å². The minimum atomic E-state index is -0.432. The van der Waals surface area contributed by atoms with Crippen LogP contribution in [-0.4, -0.2) is 11.5 Å². The molecule has 1 aromatic rings. The van der Waals surface area contributed by atoms with Crippen molar-refractivity contribution in [1.29, 1.82) is 0 Å². The van der Waals surface area contributed by atoms with Crippen LogP contribution < -0.4 is 11.5 Å². The maximum absolute atomic E-state index is 10.4. The summed E-state index contributed by atoms with van der Waals surface area (Å²) in [6, 6.07) is 6.09. The minimum Gasteiger partial charge on any atom is -0.330 e. The fourth-order valence-corrected chi connectivity index (χ4v) is 1.19. The van der Waals surface area contributed by atoms with Gasteiger partial charge in [0.15, 0.2) is 0 Å². The van der Waals surface area contributed by atoms with Gasteiger partial charge < -0.3 is 11.5 Å². The molecule has 0 aromatic heterocycles. The summed E-state index contributed by atoms with van der Waals surface area (Å²) in [4.78, 5) is 9.93. The first-order valence-corrected chi connectivity index (χ1v) is 4.35. The lowest BCUT2D eigenvalue weighted by atomic mass is 10.0. The standard InChI is InChI=1S/C9H13N3O2/c10-6-5-9(11)7-1-3-8(4-2-7)12(13)14/h1-4,9H,5-6,10-11H2/t9-/m0/s1. The fraction of sp³-hybridized carbons (Fsp3) is 0.333. The van der Waals surface area contributed by atoms with Crippen molar-refractivity contribution in [3.8, 4) is 0 Å². The third kappa shape index (κ3) is 2.51. The van der Waals surface area contributed by atoms with Crippen molar-refractivity contribution in [2.24, 2.45) is 11.5 Å². The molecule has 0 spiro atoms. The van der Waals surface area contributed by atoms with Gasteiger partial charge in [-0.1, -0.05) is 12.1 Å². The van der Waals surface area contributed by atoms with Crippen molar-refractivity contribution in [2.45, 2.75) is 12.5 Å². The van der Waals surface area contributed by atoms with E-state index in [1.165, 1.54) is 12.1 Å². The quantitative estimate of drug-likeness (QED) is 0.552. The highest BCUT2D eigenvalue weighted by atomic mass is 16.6. The molecule has 14 heavy (non-hydrogen) atoms. The second-order valence-corrected chi connectivity index (χ2v) is 3.03. The third-order valence-electron chi connectivity index (χ3n) is 2.01. The van der Waals surface area contributed by atoms with Crippen LogP contribution in [0.15, 0.2) is 24.3 Å². The maximum Gasteiger partial charge on any atom is 0.269 e. The van der Waals surface area contributed by atoms with E-state index in [4.69, 9.17) is 11.5 Å². The summed E-state index contributed by atoms with van der Waals surface area (Å²) >= 11 is 0. The maximum atomic E-state index is 10.4. The Labute approximate surface area is 81.9 Å². The molecule has 0 aliphatic heterocycles. The van der Waals surface area contributed by atoms with Gasteiger partial charge in [-0.25, -0.2) is 0 Å². The van der Waals surface area contributed by atoms with Crippen LogP contribution in [0.4, 0.5) is 5.69 Å². The molecule has 0 saturated carbocycles. The Morgan fingerprint density at radius 3 is 2.36 bits per heavy atom. The summed E-state index contributed by atoms with van der Waals surface area (Å²) in [6.07, 6.45) is 0.678. The number of hydrogen-bond acceptors (Lipinski definition) is 4. The molecule has 0 unspecified atom stereocenters. The average molecular weight is 195 g/mol. The number of nitrogens with zero attached hydrogens (tertiary/aromatic N) is 1. The Hall–Kier alpha value is -1.46. The lowest BCUT2D eigenvalue weighted by Crippen LogP contribution is -2.15. The van der Waals surface area contributed by atoms with Crippen LogP contribution in [0.2, 0.25) is 0 Å². The summed E-state index contributed by atoms with van der Waals surface area (Å²) in [7, 11) is 0. The van der Waals surface area contributed by atoms with Gasteiger partial charge in [0, 0.05) is 18.2 Å². The van der Waals surface area contributed by atoms with Crippen LogP contribution in [-0.2, 0) is 0 Å². The van der Waals surface area contributed by atoms with Gasteiger partial charge in [-0.15, -0.1) is 0 Å². The van der Waals surface area contributed by atoms with E-state index >= 15 is 0 Å². The number of non-ortho nitro benzene ring substituents is 1. The van der Waals surface area contributed by atoms with E-state index in [0.717, 1.165) is 5.56 Å². The molecule has 0 fully saturated rings. The number of nitrogens with two attached hydrogens (primary N) is 2. The number of rotatable bonds is 4. The van der Waals surface area contributed by atoms with Gasteiger partial charge in [-0.2, -0.15) is 0 Å². The van der Waals surface area contributed by atoms with Crippen molar-refractivity contribution in [2.75, 3.05) is 6.54 Å². The Morgan fingerprint density at radius 1 is 1.36 bits per heavy atom. The summed E-state index contributed by atoms with van der Waals surface area (Å²) in [5, 5.41) is 10.4. The molecule has 0 aliphatic carbocycles. The van der Waals surface area contributed by atoms with E-state index in [1.807, 2.05) is 0 Å². The topological polar surface area (TPSA) is 95.2 Å². The zero-order valence-corrected chi connectivity index (χ0v) is 7.72. The summed E-state index contributed by atoms with van der Waals surface area (Å²) in [5.41, 5.74) is 12.1. The molecular weight excluding hydrogens is 182 g/mol. The Kier molecular flexibility index (Phi) is 3.55. The third-order valence-corrected chi connectivity index (χ3v) is 2.01. The van der Waals surface area contributed by atoms with E-state index in [1.54, 1.807) is 12.1 Å². The highest BCUT2D eigenvalue weighted by Crippen LogP contribution is 2.17. The predicted molar refractivity (Wildman–Crippen MR) is 53.7 cm³/mol. The predicted octanol–water partition coefficient (Wildman–Crippen LogP) is 0.943. The van der Waals surface area contributed by atoms with Gasteiger partial charge in [0.1, 0.15) is 0 Å². The van der Waals surface area contributed by atoms with Crippen LogP contribution in [0.5, 0.6) is 0 Å². The first-order chi connectivity index (χ1) is 6.65. The van der Waals surface area contributed by atoms with E-state index in [9.17, 15) is 10.1 Å². The molecule has 76 valence electrons. The highest BCUT2D eigenvalue weighted by Gasteiger charge is 2.08. The second kappa shape index (κ2) is 4.69. The van der Waals surface area contributed by atoms with Crippen molar-refractivity contribution in [3.05, 3.63) is 39.9 Å². The van der Waals surface area contributed by atoms with Crippen molar-refractivity contribution >= 4 is 5.69 Å². The summed E-state index contributed by atoms with van der Waals surface area (Å²) < 4.78 is 0. The Morgan fingerprint density at radius 2 is 1.93 bits per heavy atom. The molecule has 0 aliphatic rings. The van der Waals surface area contributed by atoms with Gasteiger partial charge >= 0.3 is 0 Å². The zero-order valence-electron chi connectivity index (χ0n) is 7.72. The molecule has 0 heterocycles. The number of benzene rings is 1. The molecule has 4 N–H and O–H groups in total. The van der Waals surface area contributed by atoms with E-state index in [0.29, 0.717) is 13.0 Å². The van der Waals surface area contributed by atoms with Gasteiger partial charge in [0.25, 0.3) is 5.69 Å². The van der Waals surface area contributed by atoms with Gasteiger partial charge in [-0.3, -0.25) is 10.1 Å². The Bertz CT molecular complexity index is 310. The molecule has 1 rings (SSSR count). The lowest BCUT2D eigenvalue weighted by molar-refractivity contribution is -0.384. The number of hydrogen-bond donors (Lipinski definition) is 2. The fourth-order valence-electron chi connectivity index (χ4n) is 1.19. The normalized spacial score (nSPS) is 12.4. The molecule has 0 bridgehead atoms. The average Bonchev–Trinajstić information content (AvgIpc) is 2.18. The van der Waals surface area contributed by atoms with Crippen LogP contribution in [0, 0.1) is 10.1 Å². The second-order valence-electron chi connectivity index (χ2n) is 3.03. The first kappa shape index (κ1) is 10.6. The smallest absolute Gasteiger partial charge is 0.269 e. The Balaban J connectivity index is 2.77. The largest absolute Gasteiger partial charge is 0.330 e. The van der Waals surface area contributed by atoms with Crippen LogP contribution >= 0.6 is 0 Å². The SMILES string of the molecule is NCC[C@H](N)c1ccc([N+](=O)[O-])cc1. The molecular formula is C9H13N3O2. The first-order valence-electron chi connectivity index (χ1n) is 4.35. The van der Waals surface area contributed by atoms with Crippen LogP contribution in [0.25, 0.3) is 0 Å². The molecule has 1 atom stereocenters.